The van der Waals surface area contributed by atoms with E-state index in [1.54, 1.807) is 12.3 Å². The summed E-state index contributed by atoms with van der Waals surface area (Å²) in [4.78, 5) is 16.2. The average Bonchev–Trinajstić information content (AvgIpc) is 3.48. The molecular formula is C22H26N6O2S. The van der Waals surface area contributed by atoms with E-state index >= 15 is 0 Å². The van der Waals surface area contributed by atoms with Crippen LogP contribution in [0.2, 0.25) is 0 Å². The zero-order valence-corrected chi connectivity index (χ0v) is 18.0. The van der Waals surface area contributed by atoms with Gasteiger partial charge < -0.3 is 14.6 Å². The zero-order valence-electron chi connectivity index (χ0n) is 17.2. The fourth-order valence-electron chi connectivity index (χ4n) is 3.93. The van der Waals surface area contributed by atoms with Crippen molar-refractivity contribution in [1.29, 1.82) is 5.26 Å². The maximum absolute atomic E-state index is 13.3. The molecule has 0 saturated carbocycles. The second kappa shape index (κ2) is 10.0. The van der Waals surface area contributed by atoms with E-state index in [9.17, 15) is 15.2 Å². The molecule has 0 bridgehead atoms. The molecule has 0 spiro atoms. The number of aliphatic hydroxyl groups excluding tert-OH is 1. The molecule has 1 unspecified atom stereocenters. The Bertz CT molecular complexity index is 1060. The number of nitrogens with one attached hydrogen (secondary N) is 2. The quantitative estimate of drug-likeness (QED) is 0.466. The topological polar surface area (TPSA) is 110 Å². The number of aliphatic hydroxyl groups is 1. The minimum Gasteiger partial charge on any atom is -0.396 e. The Morgan fingerprint density at radius 3 is 2.97 bits per heavy atom. The van der Waals surface area contributed by atoms with E-state index in [1.807, 2.05) is 39.9 Å². The Kier molecular flexibility index (Phi) is 6.92. The Morgan fingerprint density at radius 1 is 1.35 bits per heavy atom. The predicted octanol–water partition coefficient (Wildman–Crippen LogP) is 2.52. The molecule has 31 heavy (non-hydrogen) atoms. The first-order valence-corrected chi connectivity index (χ1v) is 11.3. The molecule has 1 saturated heterocycles. The number of nitrogens with zero attached hydrogens (tertiary/aromatic N) is 4. The number of carbonyl (C=O) groups excluding carboxylic acids is 1. The van der Waals surface area contributed by atoms with Gasteiger partial charge in [-0.05, 0) is 61.4 Å². The molecule has 162 valence electrons. The Balaban J connectivity index is 1.47. The summed E-state index contributed by atoms with van der Waals surface area (Å²) in [6.45, 7) is 2.08. The lowest BCUT2D eigenvalue weighted by Crippen LogP contribution is -2.48. The molecule has 4 rings (SSSR count). The van der Waals surface area contributed by atoms with E-state index in [-0.39, 0.29) is 18.4 Å². The molecule has 3 N–H and O–H groups in total. The van der Waals surface area contributed by atoms with Gasteiger partial charge in [0, 0.05) is 42.7 Å². The van der Waals surface area contributed by atoms with Crippen LogP contribution in [0, 0.1) is 17.2 Å². The van der Waals surface area contributed by atoms with Gasteiger partial charge >= 0.3 is 0 Å². The standard InChI is InChI=1S/C22H26N6O2S/c23-13-17-3-2-9-27(17)12-8-20(22(30)28-10-6-16(15-29)7-11-28)26-31-21-5-1-4-19-18(21)14-24-25-19/h1-5,9,14,16,20,26,29H,6-8,10-12,15H2,(H,24,25). The van der Waals surface area contributed by atoms with Gasteiger partial charge in [0.05, 0.1) is 17.8 Å². The van der Waals surface area contributed by atoms with Gasteiger partial charge in [0.25, 0.3) is 0 Å². The molecule has 1 aromatic carbocycles. The smallest absolute Gasteiger partial charge is 0.240 e. The number of H-pyrrole nitrogens is 1. The summed E-state index contributed by atoms with van der Waals surface area (Å²) in [5.74, 6) is 0.343. The maximum Gasteiger partial charge on any atom is 0.240 e. The second-order valence-electron chi connectivity index (χ2n) is 7.80. The van der Waals surface area contributed by atoms with Crippen molar-refractivity contribution in [2.75, 3.05) is 19.7 Å². The summed E-state index contributed by atoms with van der Waals surface area (Å²) >= 11 is 1.44. The van der Waals surface area contributed by atoms with Crippen LogP contribution in [0.5, 0.6) is 0 Å². The SMILES string of the molecule is N#Cc1cccn1CCC(NSc1cccc2[nH]ncc12)C(=O)N1CCC(CO)CC1. The lowest BCUT2D eigenvalue weighted by molar-refractivity contribution is -0.134. The number of likely N-dealkylation sites (tertiary alicyclic amines) is 1. The number of aryl methyl sites for hydroxylation is 1. The number of piperidine rings is 1. The molecular weight excluding hydrogens is 412 g/mol. The van der Waals surface area contributed by atoms with E-state index in [4.69, 9.17) is 0 Å². The van der Waals surface area contributed by atoms with Crippen LogP contribution in [0.15, 0.2) is 47.6 Å². The first-order valence-electron chi connectivity index (χ1n) is 10.5. The van der Waals surface area contributed by atoms with Crippen LogP contribution in [0.1, 0.15) is 25.0 Å². The molecule has 3 aromatic rings. The van der Waals surface area contributed by atoms with E-state index < -0.39 is 6.04 Å². The first-order chi connectivity index (χ1) is 15.2. The van der Waals surface area contributed by atoms with Crippen LogP contribution < -0.4 is 4.72 Å². The highest BCUT2D eigenvalue weighted by atomic mass is 32.2. The highest BCUT2D eigenvalue weighted by Crippen LogP contribution is 2.26. The molecule has 1 atom stereocenters. The molecule has 9 heteroatoms. The van der Waals surface area contributed by atoms with Crippen molar-refractivity contribution in [3.05, 3.63) is 48.4 Å². The minimum absolute atomic E-state index is 0.0638. The number of hydrogen-bond donors (Lipinski definition) is 3. The van der Waals surface area contributed by atoms with E-state index in [2.05, 4.69) is 21.0 Å². The molecule has 1 aliphatic rings. The highest BCUT2D eigenvalue weighted by Gasteiger charge is 2.28. The van der Waals surface area contributed by atoms with Crippen molar-refractivity contribution < 1.29 is 9.90 Å². The number of benzene rings is 1. The van der Waals surface area contributed by atoms with E-state index in [0.29, 0.717) is 31.7 Å². The molecule has 1 fully saturated rings. The summed E-state index contributed by atoms with van der Waals surface area (Å²) in [6, 6.07) is 11.3. The third kappa shape index (κ3) is 4.93. The predicted molar refractivity (Wildman–Crippen MR) is 119 cm³/mol. The molecule has 0 aliphatic carbocycles. The van der Waals surface area contributed by atoms with Crippen LogP contribution in [0.3, 0.4) is 0 Å². The van der Waals surface area contributed by atoms with Crippen molar-refractivity contribution in [2.45, 2.75) is 36.7 Å². The van der Waals surface area contributed by atoms with E-state index in [1.165, 1.54) is 11.9 Å². The summed E-state index contributed by atoms with van der Waals surface area (Å²) in [5, 5.41) is 26.7. The first kappa shape index (κ1) is 21.4. The molecule has 3 heterocycles. The number of aromatic amines is 1. The largest absolute Gasteiger partial charge is 0.396 e. The number of amides is 1. The Labute approximate surface area is 185 Å². The zero-order chi connectivity index (χ0) is 21.6. The third-order valence-electron chi connectivity index (χ3n) is 5.84. The van der Waals surface area contributed by atoms with Gasteiger partial charge in [-0.15, -0.1) is 0 Å². The van der Waals surface area contributed by atoms with Crippen molar-refractivity contribution >= 4 is 28.8 Å². The van der Waals surface area contributed by atoms with Crippen molar-refractivity contribution in [2.24, 2.45) is 5.92 Å². The summed E-state index contributed by atoms with van der Waals surface area (Å²) in [5.41, 5.74) is 1.54. The lowest BCUT2D eigenvalue weighted by Gasteiger charge is -2.33. The monoisotopic (exact) mass is 438 g/mol. The van der Waals surface area contributed by atoms with Gasteiger partial charge in [-0.1, -0.05) is 6.07 Å². The Hall–Kier alpha value is -2.80. The fraction of sp³-hybridized carbons (Fsp3) is 0.409. The summed E-state index contributed by atoms with van der Waals surface area (Å²) < 4.78 is 5.25. The molecule has 1 aliphatic heterocycles. The lowest BCUT2D eigenvalue weighted by atomic mass is 9.97. The molecule has 1 amide bonds. The number of aromatic nitrogens is 3. The molecule has 0 radical (unpaired) electrons. The molecule has 2 aromatic heterocycles. The molecule has 8 nitrogen and oxygen atoms in total. The van der Waals surface area contributed by atoms with Crippen molar-refractivity contribution in [3.8, 4) is 6.07 Å². The average molecular weight is 439 g/mol. The van der Waals surface area contributed by atoms with Gasteiger partial charge in [0.2, 0.25) is 5.91 Å². The highest BCUT2D eigenvalue weighted by molar-refractivity contribution is 7.97. The van der Waals surface area contributed by atoms with Gasteiger partial charge in [0.15, 0.2) is 0 Å². The summed E-state index contributed by atoms with van der Waals surface area (Å²) in [6.07, 6.45) is 5.87. The van der Waals surface area contributed by atoms with Crippen molar-refractivity contribution in [1.82, 2.24) is 24.4 Å². The number of rotatable bonds is 8. The van der Waals surface area contributed by atoms with E-state index in [0.717, 1.165) is 28.6 Å². The normalized spacial score (nSPS) is 15.8. The minimum atomic E-state index is -0.397. The number of hydrogen-bond acceptors (Lipinski definition) is 6. The fourth-order valence-corrected chi connectivity index (χ4v) is 4.84. The van der Waals surface area contributed by atoms with Crippen LogP contribution in [-0.4, -0.2) is 56.4 Å². The number of nitriles is 1. The van der Waals surface area contributed by atoms with Gasteiger partial charge in [0.1, 0.15) is 11.8 Å². The van der Waals surface area contributed by atoms with Crippen molar-refractivity contribution in [3.63, 3.8) is 0 Å². The van der Waals surface area contributed by atoms with Gasteiger partial charge in [-0.3, -0.25) is 9.89 Å². The number of fused-ring (bicyclic) bond motifs is 1. The van der Waals surface area contributed by atoms with Crippen LogP contribution in [-0.2, 0) is 11.3 Å². The van der Waals surface area contributed by atoms with Crippen LogP contribution in [0.4, 0.5) is 0 Å². The van der Waals surface area contributed by atoms with Crippen LogP contribution >= 0.6 is 11.9 Å². The maximum atomic E-state index is 13.3. The third-order valence-corrected chi connectivity index (χ3v) is 6.82. The van der Waals surface area contributed by atoms with Crippen LogP contribution in [0.25, 0.3) is 10.9 Å². The summed E-state index contributed by atoms with van der Waals surface area (Å²) in [7, 11) is 0. The van der Waals surface area contributed by atoms with Gasteiger partial charge in [-0.25, -0.2) is 4.72 Å². The number of carbonyl (C=O) groups is 1. The Morgan fingerprint density at radius 2 is 2.19 bits per heavy atom. The second-order valence-corrected chi connectivity index (χ2v) is 8.68. The van der Waals surface area contributed by atoms with Gasteiger partial charge in [-0.2, -0.15) is 10.4 Å².